The Kier molecular flexibility index (Phi) is 6.15. The molecule has 0 saturated carbocycles. The van der Waals surface area contributed by atoms with Gasteiger partial charge in [-0.15, -0.1) is 0 Å². The molecular weight excluding hydrogens is 448 g/mol. The number of amides is 1. The van der Waals surface area contributed by atoms with E-state index in [9.17, 15) is 4.79 Å². The lowest BCUT2D eigenvalue weighted by molar-refractivity contribution is -0.143. The second-order valence-electron chi connectivity index (χ2n) is 9.51. The van der Waals surface area contributed by atoms with Crippen LogP contribution in [0, 0.1) is 5.92 Å². The number of nitrogens with zero attached hydrogens (tertiary/aromatic N) is 4. The molecule has 1 saturated heterocycles. The van der Waals surface area contributed by atoms with E-state index >= 15 is 0 Å². The fourth-order valence-corrected chi connectivity index (χ4v) is 5.02. The van der Waals surface area contributed by atoms with Crippen LogP contribution < -0.4 is 5.73 Å². The number of hydrogen-bond donors (Lipinski definition) is 2. The van der Waals surface area contributed by atoms with E-state index in [-0.39, 0.29) is 11.9 Å². The van der Waals surface area contributed by atoms with Gasteiger partial charge in [0.15, 0.2) is 0 Å². The smallest absolute Gasteiger partial charge is 0.240 e. The van der Waals surface area contributed by atoms with Crippen molar-refractivity contribution in [2.24, 2.45) is 5.92 Å². The number of rotatable bonds is 6. The molecule has 3 heterocycles. The summed E-state index contributed by atoms with van der Waals surface area (Å²) < 4.78 is 0. The number of nitrogens with one attached hydrogen (secondary N) is 1. The molecule has 34 heavy (non-hydrogen) atoms. The van der Waals surface area contributed by atoms with Crippen molar-refractivity contribution in [3.8, 4) is 0 Å². The molecule has 3 N–H and O–H groups in total. The number of aromatic nitrogens is 3. The molecule has 0 spiro atoms. The minimum absolute atomic E-state index is 0.151. The van der Waals surface area contributed by atoms with Crippen molar-refractivity contribution in [1.29, 1.82) is 0 Å². The number of carbonyl (C=O) groups excluding carboxylic acids is 1. The monoisotopic (exact) mass is 476 g/mol. The van der Waals surface area contributed by atoms with Gasteiger partial charge < -0.3 is 15.6 Å². The molecule has 2 aromatic heterocycles. The van der Waals surface area contributed by atoms with Crippen molar-refractivity contribution in [2.45, 2.75) is 39.4 Å². The van der Waals surface area contributed by atoms with Crippen molar-refractivity contribution in [3.63, 3.8) is 0 Å². The number of benzene rings is 2. The highest BCUT2D eigenvalue weighted by molar-refractivity contribution is 6.31. The largest absolute Gasteiger partial charge is 0.383 e. The van der Waals surface area contributed by atoms with Crippen molar-refractivity contribution in [2.75, 3.05) is 18.8 Å². The summed E-state index contributed by atoms with van der Waals surface area (Å²) in [6.45, 7) is 7.11. The quantitative estimate of drug-likeness (QED) is 0.424. The van der Waals surface area contributed by atoms with E-state index in [1.54, 1.807) is 0 Å². The summed E-state index contributed by atoms with van der Waals surface area (Å²) >= 11 is 6.15. The van der Waals surface area contributed by atoms with Crippen LogP contribution in [-0.2, 0) is 17.9 Å². The molecule has 7 nitrogen and oxygen atoms in total. The molecule has 1 amide bonds. The zero-order chi connectivity index (χ0) is 23.8. The molecule has 1 aliphatic heterocycles. The number of aromatic amines is 1. The lowest BCUT2D eigenvalue weighted by Gasteiger charge is -2.41. The lowest BCUT2D eigenvalue weighted by Crippen LogP contribution is -2.56. The highest BCUT2D eigenvalue weighted by Gasteiger charge is 2.35. The number of nitrogens with two attached hydrogens (primary N) is 1. The second-order valence-corrected chi connectivity index (χ2v) is 9.95. The molecule has 0 bridgehead atoms. The van der Waals surface area contributed by atoms with Gasteiger partial charge in [0, 0.05) is 53.2 Å². The summed E-state index contributed by atoms with van der Waals surface area (Å²) in [7, 11) is 0. The molecule has 176 valence electrons. The summed E-state index contributed by atoms with van der Waals surface area (Å²) in [4.78, 5) is 29.8. The fourth-order valence-electron chi connectivity index (χ4n) is 4.83. The van der Waals surface area contributed by atoms with Gasteiger partial charge in [0.1, 0.15) is 12.1 Å². The Hall–Kier alpha value is -3.16. The average molecular weight is 477 g/mol. The molecule has 2 aromatic carbocycles. The number of piperazine rings is 1. The predicted molar refractivity (Wildman–Crippen MR) is 136 cm³/mol. The number of anilines is 1. The Labute approximate surface area is 203 Å². The first-order valence-corrected chi connectivity index (χ1v) is 12.0. The zero-order valence-electron chi connectivity index (χ0n) is 19.5. The molecular formula is C26H29ClN6O. The van der Waals surface area contributed by atoms with Gasteiger partial charge in [-0.05, 0) is 54.3 Å². The SMILES string of the molecule is CC(C)C[C@H]1C(=O)N(Cc2ccc3c(N)ncnc3c2)CCN1Cc1cc2cc(Cl)ccc2[nH]1. The van der Waals surface area contributed by atoms with Crippen molar-refractivity contribution in [3.05, 3.63) is 65.1 Å². The number of H-pyrrole nitrogens is 1. The molecule has 0 radical (unpaired) electrons. The third-order valence-electron chi connectivity index (χ3n) is 6.51. The average Bonchev–Trinajstić information content (AvgIpc) is 3.19. The van der Waals surface area contributed by atoms with Gasteiger partial charge >= 0.3 is 0 Å². The van der Waals surface area contributed by atoms with Crippen LogP contribution in [0.4, 0.5) is 5.82 Å². The Bertz CT molecular complexity index is 1350. The zero-order valence-corrected chi connectivity index (χ0v) is 20.2. The number of hydrogen-bond acceptors (Lipinski definition) is 5. The van der Waals surface area contributed by atoms with Gasteiger partial charge in [-0.2, -0.15) is 0 Å². The maximum absolute atomic E-state index is 13.6. The molecule has 0 unspecified atom stereocenters. The van der Waals surface area contributed by atoms with Gasteiger partial charge in [0.25, 0.3) is 0 Å². The maximum atomic E-state index is 13.6. The molecule has 1 aliphatic rings. The fraction of sp³-hybridized carbons (Fsp3) is 0.346. The van der Waals surface area contributed by atoms with E-state index in [2.05, 4.69) is 39.8 Å². The van der Waals surface area contributed by atoms with E-state index in [1.165, 1.54) is 6.33 Å². The van der Waals surface area contributed by atoms with Gasteiger partial charge in [-0.3, -0.25) is 9.69 Å². The highest BCUT2D eigenvalue weighted by atomic mass is 35.5. The van der Waals surface area contributed by atoms with Gasteiger partial charge in [-0.1, -0.05) is 31.5 Å². The first-order valence-electron chi connectivity index (χ1n) is 11.7. The van der Waals surface area contributed by atoms with Crippen LogP contribution in [0.1, 0.15) is 31.5 Å². The summed E-state index contributed by atoms with van der Waals surface area (Å²) in [5.74, 6) is 1.07. The van der Waals surface area contributed by atoms with Gasteiger partial charge in [0.2, 0.25) is 5.91 Å². The standard InChI is InChI=1S/C26H29ClN6O/c1-16(2)9-24-26(34)33(13-17-3-5-21-23(10-17)29-15-30-25(21)28)8-7-32(24)14-20-12-18-11-19(27)4-6-22(18)31-20/h3-6,10-12,15-16,24,31H,7-9,13-14H2,1-2H3,(H2,28,29,30)/t24-/m0/s1. The Morgan fingerprint density at radius 3 is 2.79 bits per heavy atom. The Morgan fingerprint density at radius 2 is 1.97 bits per heavy atom. The third kappa shape index (κ3) is 4.58. The highest BCUT2D eigenvalue weighted by Crippen LogP contribution is 2.26. The molecule has 0 aliphatic carbocycles. The van der Waals surface area contributed by atoms with Crippen molar-refractivity contribution in [1.82, 2.24) is 24.8 Å². The molecule has 4 aromatic rings. The van der Waals surface area contributed by atoms with Crippen LogP contribution in [0.2, 0.25) is 5.02 Å². The minimum atomic E-state index is -0.151. The van der Waals surface area contributed by atoms with Crippen LogP contribution >= 0.6 is 11.6 Å². The van der Waals surface area contributed by atoms with Crippen LogP contribution in [0.15, 0.2) is 48.8 Å². The first kappa shape index (κ1) is 22.6. The molecule has 5 rings (SSSR count). The minimum Gasteiger partial charge on any atom is -0.383 e. The van der Waals surface area contributed by atoms with Gasteiger partial charge in [0.05, 0.1) is 11.6 Å². The Balaban J connectivity index is 1.35. The third-order valence-corrected chi connectivity index (χ3v) is 6.74. The van der Waals surface area contributed by atoms with E-state index in [4.69, 9.17) is 17.3 Å². The predicted octanol–water partition coefficient (Wildman–Crippen LogP) is 4.61. The second kappa shape index (κ2) is 9.24. The summed E-state index contributed by atoms with van der Waals surface area (Å²) in [5.41, 5.74) is 9.96. The summed E-state index contributed by atoms with van der Waals surface area (Å²) in [6, 6.07) is 13.8. The van der Waals surface area contributed by atoms with E-state index in [1.807, 2.05) is 41.3 Å². The lowest BCUT2D eigenvalue weighted by atomic mass is 9.98. The number of fused-ring (bicyclic) bond motifs is 2. The van der Waals surface area contributed by atoms with E-state index in [0.29, 0.717) is 31.4 Å². The van der Waals surface area contributed by atoms with E-state index in [0.717, 1.165) is 51.1 Å². The van der Waals surface area contributed by atoms with Crippen LogP contribution in [0.3, 0.4) is 0 Å². The van der Waals surface area contributed by atoms with Crippen LogP contribution in [0.25, 0.3) is 21.8 Å². The number of carbonyl (C=O) groups is 1. The number of nitrogen functional groups attached to an aromatic ring is 1. The first-order chi connectivity index (χ1) is 16.4. The summed E-state index contributed by atoms with van der Waals surface area (Å²) in [6.07, 6.45) is 2.30. The normalized spacial score (nSPS) is 17.4. The van der Waals surface area contributed by atoms with Gasteiger partial charge in [-0.25, -0.2) is 9.97 Å². The van der Waals surface area contributed by atoms with Crippen LogP contribution in [-0.4, -0.2) is 49.8 Å². The molecule has 1 atom stereocenters. The Morgan fingerprint density at radius 1 is 1.12 bits per heavy atom. The number of halogens is 1. The maximum Gasteiger partial charge on any atom is 0.240 e. The summed E-state index contributed by atoms with van der Waals surface area (Å²) in [5, 5.41) is 2.65. The van der Waals surface area contributed by atoms with Crippen LogP contribution in [0.5, 0.6) is 0 Å². The van der Waals surface area contributed by atoms with Crippen molar-refractivity contribution < 1.29 is 4.79 Å². The molecule has 8 heteroatoms. The topological polar surface area (TPSA) is 91.1 Å². The van der Waals surface area contributed by atoms with Crippen molar-refractivity contribution >= 4 is 45.1 Å². The van der Waals surface area contributed by atoms with E-state index < -0.39 is 0 Å². The molecule has 1 fully saturated rings.